The van der Waals surface area contributed by atoms with Crippen molar-refractivity contribution in [2.45, 2.75) is 30.3 Å². The Labute approximate surface area is 176 Å². The third-order valence-corrected chi connectivity index (χ3v) is 5.36. The molecule has 0 saturated carbocycles. The van der Waals surface area contributed by atoms with Crippen LogP contribution in [-0.4, -0.2) is 30.7 Å². The molecule has 2 rings (SSSR count). The zero-order chi connectivity index (χ0) is 22.7. The number of benzene rings is 2. The minimum atomic E-state index is -4.48. The van der Waals surface area contributed by atoms with E-state index in [0.717, 1.165) is 12.1 Å². The lowest BCUT2D eigenvalue weighted by Gasteiger charge is -2.26. The number of nitro groups is 1. The Morgan fingerprint density at radius 1 is 1.20 bits per heavy atom. The number of carbonyl (C=O) groups is 1. The molecule has 0 unspecified atom stereocenters. The molecule has 0 aromatic heterocycles. The second-order valence-corrected chi connectivity index (χ2v) is 7.97. The maximum absolute atomic E-state index is 13.0. The topological polar surface area (TPSA) is 81.5 Å². The second kappa shape index (κ2) is 8.95. The Morgan fingerprint density at radius 2 is 1.83 bits per heavy atom. The highest BCUT2D eigenvalue weighted by atomic mass is 32.2. The molecule has 30 heavy (non-hydrogen) atoms. The van der Waals surface area contributed by atoms with Gasteiger partial charge in [0, 0.05) is 12.0 Å². The van der Waals surface area contributed by atoms with Crippen LogP contribution in [0.1, 0.15) is 35.3 Å². The number of rotatable bonds is 7. The highest BCUT2D eigenvalue weighted by molar-refractivity contribution is 7.98. The molecule has 0 saturated heterocycles. The zero-order valence-electron chi connectivity index (χ0n) is 16.8. The summed E-state index contributed by atoms with van der Waals surface area (Å²) in [7, 11) is 1.37. The first kappa shape index (κ1) is 23.5. The van der Waals surface area contributed by atoms with E-state index in [9.17, 15) is 28.1 Å². The van der Waals surface area contributed by atoms with Gasteiger partial charge in [-0.1, -0.05) is 32.0 Å². The summed E-state index contributed by atoms with van der Waals surface area (Å²) in [6, 6.07) is 7.41. The largest absolute Gasteiger partial charge is 0.495 e. The van der Waals surface area contributed by atoms with E-state index >= 15 is 0 Å². The lowest BCUT2D eigenvalue weighted by molar-refractivity contribution is -0.385. The van der Waals surface area contributed by atoms with Gasteiger partial charge in [-0.05, 0) is 24.0 Å². The van der Waals surface area contributed by atoms with Crippen molar-refractivity contribution in [2.75, 3.05) is 19.9 Å². The van der Waals surface area contributed by atoms with Crippen LogP contribution >= 0.6 is 11.8 Å². The van der Waals surface area contributed by atoms with Gasteiger partial charge in [-0.25, -0.2) is 0 Å². The van der Waals surface area contributed by atoms with Crippen molar-refractivity contribution in [3.05, 3.63) is 63.2 Å². The summed E-state index contributed by atoms with van der Waals surface area (Å²) < 4.78 is 44.1. The molecule has 2 aromatic carbocycles. The normalized spacial score (nSPS) is 11.8. The maximum atomic E-state index is 13.0. The van der Waals surface area contributed by atoms with E-state index in [1.165, 1.54) is 37.1 Å². The predicted molar refractivity (Wildman–Crippen MR) is 108 cm³/mol. The number of amides is 1. The molecule has 0 aliphatic rings. The van der Waals surface area contributed by atoms with Crippen molar-refractivity contribution < 1.29 is 27.6 Å². The first-order valence-corrected chi connectivity index (χ1v) is 9.99. The summed E-state index contributed by atoms with van der Waals surface area (Å²) in [5.41, 5.74) is -1.81. The number of alkyl halides is 3. The summed E-state index contributed by atoms with van der Waals surface area (Å²) in [5, 5.41) is 14.0. The molecule has 0 atom stereocenters. The number of nitrogens with one attached hydrogen (secondary N) is 1. The zero-order valence-corrected chi connectivity index (χ0v) is 17.6. The van der Waals surface area contributed by atoms with Crippen LogP contribution < -0.4 is 10.1 Å². The second-order valence-electron chi connectivity index (χ2n) is 7.13. The summed E-state index contributed by atoms with van der Waals surface area (Å²) in [6.45, 7) is 3.34. The van der Waals surface area contributed by atoms with Crippen molar-refractivity contribution in [3.8, 4) is 5.75 Å². The standard InChI is InChI=1S/C20H21F3N2O4S/c1-19(2,12-6-5-7-13(8-12)20(21,22)23)11-24-18(26)14-9-17(30-4)16(29-3)10-15(14)25(27)28/h5-10H,11H2,1-4H3,(H,24,26). The Hall–Kier alpha value is -2.75. The van der Waals surface area contributed by atoms with Crippen LogP contribution in [0, 0.1) is 10.1 Å². The van der Waals surface area contributed by atoms with E-state index in [4.69, 9.17) is 4.74 Å². The molecule has 1 N–H and O–H groups in total. The van der Waals surface area contributed by atoms with Crippen molar-refractivity contribution in [1.82, 2.24) is 5.32 Å². The lowest BCUT2D eigenvalue weighted by Crippen LogP contribution is -2.37. The van der Waals surface area contributed by atoms with E-state index in [0.29, 0.717) is 10.5 Å². The maximum Gasteiger partial charge on any atom is 0.416 e. The Kier molecular flexibility index (Phi) is 7.02. The Morgan fingerprint density at radius 3 is 2.37 bits per heavy atom. The SMILES string of the molecule is COc1cc([N+](=O)[O-])c(C(=O)NCC(C)(C)c2cccc(C(F)(F)F)c2)cc1SC. The van der Waals surface area contributed by atoms with Crippen LogP contribution in [0.5, 0.6) is 5.75 Å². The van der Waals surface area contributed by atoms with Crippen LogP contribution in [0.15, 0.2) is 41.3 Å². The van der Waals surface area contributed by atoms with E-state index in [-0.39, 0.29) is 17.9 Å². The molecule has 1 amide bonds. The fourth-order valence-corrected chi connectivity index (χ4v) is 3.40. The Bertz CT molecular complexity index is 962. The number of halogens is 3. The van der Waals surface area contributed by atoms with Gasteiger partial charge >= 0.3 is 6.18 Å². The molecule has 2 aromatic rings. The third kappa shape index (κ3) is 5.24. The van der Waals surface area contributed by atoms with Crippen LogP contribution in [0.2, 0.25) is 0 Å². The first-order valence-electron chi connectivity index (χ1n) is 8.77. The van der Waals surface area contributed by atoms with E-state index in [1.807, 2.05) is 0 Å². The van der Waals surface area contributed by atoms with Gasteiger partial charge in [0.15, 0.2) is 0 Å². The molecule has 10 heteroatoms. The van der Waals surface area contributed by atoms with Crippen LogP contribution in [0.3, 0.4) is 0 Å². The lowest BCUT2D eigenvalue weighted by atomic mass is 9.83. The van der Waals surface area contributed by atoms with Gasteiger partial charge in [0.05, 0.1) is 28.6 Å². The third-order valence-electron chi connectivity index (χ3n) is 4.61. The van der Waals surface area contributed by atoms with E-state index in [2.05, 4.69) is 5.32 Å². The smallest absolute Gasteiger partial charge is 0.416 e. The fraction of sp³-hybridized carbons (Fsp3) is 0.350. The molecule has 162 valence electrons. The number of nitro benzene ring substituents is 1. The van der Waals surface area contributed by atoms with Crippen LogP contribution in [0.4, 0.5) is 18.9 Å². The molecule has 6 nitrogen and oxygen atoms in total. The number of nitrogens with zero attached hydrogens (tertiary/aromatic N) is 1. The number of thioether (sulfide) groups is 1. The highest BCUT2D eigenvalue weighted by Gasteiger charge is 2.32. The van der Waals surface area contributed by atoms with Gasteiger partial charge in [0.2, 0.25) is 0 Å². The minimum Gasteiger partial charge on any atom is -0.495 e. The number of hydrogen-bond acceptors (Lipinski definition) is 5. The summed E-state index contributed by atoms with van der Waals surface area (Å²) in [5.74, 6) is -0.422. The van der Waals surface area contributed by atoms with Gasteiger partial charge < -0.3 is 10.1 Å². The summed E-state index contributed by atoms with van der Waals surface area (Å²) in [4.78, 5) is 24.0. The minimum absolute atomic E-state index is 0.0229. The Balaban J connectivity index is 2.29. The molecule has 0 fully saturated rings. The summed E-state index contributed by atoms with van der Waals surface area (Å²) in [6.07, 6.45) is -2.74. The molecule has 0 heterocycles. The average molecular weight is 442 g/mol. The molecule has 0 aliphatic carbocycles. The van der Waals surface area contributed by atoms with Crippen molar-refractivity contribution in [1.29, 1.82) is 0 Å². The number of hydrogen-bond donors (Lipinski definition) is 1. The van der Waals surface area contributed by atoms with Crippen molar-refractivity contribution in [2.24, 2.45) is 0 Å². The van der Waals surface area contributed by atoms with Crippen LogP contribution in [-0.2, 0) is 11.6 Å². The number of methoxy groups -OCH3 is 1. The van der Waals surface area contributed by atoms with Gasteiger partial charge in [-0.3, -0.25) is 14.9 Å². The van der Waals surface area contributed by atoms with E-state index in [1.54, 1.807) is 26.2 Å². The fourth-order valence-electron chi connectivity index (χ4n) is 2.82. The van der Waals surface area contributed by atoms with E-state index < -0.39 is 33.7 Å². The predicted octanol–water partition coefficient (Wildman–Crippen LogP) is 5.05. The molecule has 0 bridgehead atoms. The molecular weight excluding hydrogens is 421 g/mol. The highest BCUT2D eigenvalue weighted by Crippen LogP contribution is 2.35. The molecule has 0 radical (unpaired) electrons. The average Bonchev–Trinajstić information content (AvgIpc) is 2.70. The van der Waals surface area contributed by atoms with Gasteiger partial charge in [-0.2, -0.15) is 13.2 Å². The molecular formula is C20H21F3N2O4S. The molecule has 0 aliphatic heterocycles. The number of ether oxygens (including phenoxy) is 1. The summed E-state index contributed by atoms with van der Waals surface area (Å²) >= 11 is 1.26. The monoisotopic (exact) mass is 442 g/mol. The van der Waals surface area contributed by atoms with Gasteiger partial charge in [0.1, 0.15) is 11.3 Å². The quantitative estimate of drug-likeness (QED) is 0.369. The van der Waals surface area contributed by atoms with Crippen LogP contribution in [0.25, 0.3) is 0 Å². The van der Waals surface area contributed by atoms with Gasteiger partial charge in [0.25, 0.3) is 11.6 Å². The van der Waals surface area contributed by atoms with Crippen molar-refractivity contribution in [3.63, 3.8) is 0 Å². The van der Waals surface area contributed by atoms with Gasteiger partial charge in [-0.15, -0.1) is 11.8 Å². The van der Waals surface area contributed by atoms with Crippen molar-refractivity contribution >= 4 is 23.4 Å². The number of carbonyl (C=O) groups excluding carboxylic acids is 1. The molecule has 0 spiro atoms. The first-order chi connectivity index (χ1) is 13.9.